The Labute approximate surface area is 143 Å². The molecule has 126 valence electrons. The SMILES string of the molecule is NC(=O)c1cnn2cc(-c3ccc(C(=O)NC4CC4)cc3)cc2c1N. The van der Waals surface area contributed by atoms with E-state index < -0.39 is 5.91 Å². The highest BCUT2D eigenvalue weighted by Gasteiger charge is 2.23. The summed E-state index contributed by atoms with van der Waals surface area (Å²) in [6.45, 7) is 0. The predicted molar refractivity (Wildman–Crippen MR) is 94.0 cm³/mol. The predicted octanol–water partition coefficient (Wildman–Crippen LogP) is 1.57. The highest BCUT2D eigenvalue weighted by atomic mass is 16.2. The Bertz CT molecular complexity index is 987. The molecule has 5 N–H and O–H groups in total. The van der Waals surface area contributed by atoms with Crippen LogP contribution in [0, 0.1) is 0 Å². The van der Waals surface area contributed by atoms with Gasteiger partial charge in [-0.15, -0.1) is 0 Å². The van der Waals surface area contributed by atoms with E-state index in [9.17, 15) is 9.59 Å². The summed E-state index contributed by atoms with van der Waals surface area (Å²) in [5, 5.41) is 7.13. The molecule has 0 bridgehead atoms. The summed E-state index contributed by atoms with van der Waals surface area (Å²) >= 11 is 0. The molecule has 0 saturated heterocycles. The smallest absolute Gasteiger partial charge is 0.252 e. The van der Waals surface area contributed by atoms with Gasteiger partial charge in [-0.05, 0) is 36.6 Å². The van der Waals surface area contributed by atoms with Crippen molar-refractivity contribution in [2.45, 2.75) is 18.9 Å². The third kappa shape index (κ3) is 2.80. The quantitative estimate of drug-likeness (QED) is 0.671. The molecule has 2 amide bonds. The Morgan fingerprint density at radius 3 is 2.52 bits per heavy atom. The van der Waals surface area contributed by atoms with E-state index >= 15 is 0 Å². The van der Waals surface area contributed by atoms with E-state index in [0.717, 1.165) is 24.0 Å². The van der Waals surface area contributed by atoms with Crippen LogP contribution in [0.25, 0.3) is 16.6 Å². The lowest BCUT2D eigenvalue weighted by Crippen LogP contribution is -2.25. The topological polar surface area (TPSA) is 116 Å². The van der Waals surface area contributed by atoms with Gasteiger partial charge in [0.15, 0.2) is 0 Å². The van der Waals surface area contributed by atoms with Crippen LogP contribution >= 0.6 is 0 Å². The van der Waals surface area contributed by atoms with Gasteiger partial charge in [-0.3, -0.25) is 9.59 Å². The van der Waals surface area contributed by atoms with Gasteiger partial charge in [-0.2, -0.15) is 5.10 Å². The fourth-order valence-corrected chi connectivity index (χ4v) is 2.74. The van der Waals surface area contributed by atoms with E-state index in [1.54, 1.807) is 16.6 Å². The molecule has 2 aromatic heterocycles. The van der Waals surface area contributed by atoms with Crippen molar-refractivity contribution in [1.29, 1.82) is 0 Å². The lowest BCUT2D eigenvalue weighted by molar-refractivity contribution is 0.0949. The zero-order chi connectivity index (χ0) is 17.6. The van der Waals surface area contributed by atoms with E-state index in [-0.39, 0.29) is 11.5 Å². The maximum atomic E-state index is 12.0. The van der Waals surface area contributed by atoms with Gasteiger partial charge in [0.2, 0.25) is 0 Å². The lowest BCUT2D eigenvalue weighted by atomic mass is 10.1. The summed E-state index contributed by atoms with van der Waals surface area (Å²) in [5.74, 6) is -0.658. The number of carbonyl (C=O) groups is 2. The standard InChI is InChI=1S/C18H17N5O2/c19-16-14(17(20)24)8-21-23-9-12(7-15(16)23)10-1-3-11(4-2-10)18(25)22-13-5-6-13/h1-4,7-9,13H,5-6,19H2,(H2,20,24)(H,22,25). The molecule has 0 unspecified atom stereocenters. The van der Waals surface area contributed by atoms with Gasteiger partial charge in [0.25, 0.3) is 11.8 Å². The van der Waals surface area contributed by atoms with Crippen molar-refractivity contribution in [3.05, 3.63) is 53.9 Å². The Kier molecular flexibility index (Phi) is 3.42. The minimum atomic E-state index is -0.610. The number of hydrogen-bond acceptors (Lipinski definition) is 4. The number of rotatable bonds is 4. The number of anilines is 1. The van der Waals surface area contributed by atoms with Gasteiger partial charge in [-0.1, -0.05) is 12.1 Å². The fourth-order valence-electron chi connectivity index (χ4n) is 2.74. The van der Waals surface area contributed by atoms with Crippen molar-refractivity contribution < 1.29 is 9.59 Å². The number of amides is 2. The van der Waals surface area contributed by atoms with Gasteiger partial charge in [-0.25, -0.2) is 4.52 Å². The average molecular weight is 335 g/mol. The summed E-state index contributed by atoms with van der Waals surface area (Å²) in [6, 6.07) is 9.51. The zero-order valence-electron chi connectivity index (χ0n) is 13.4. The molecule has 1 aliphatic rings. The first-order chi connectivity index (χ1) is 12.0. The van der Waals surface area contributed by atoms with Crippen molar-refractivity contribution in [2.24, 2.45) is 5.73 Å². The summed E-state index contributed by atoms with van der Waals surface area (Å²) in [4.78, 5) is 23.4. The molecule has 2 heterocycles. The van der Waals surface area contributed by atoms with E-state index in [2.05, 4.69) is 10.4 Å². The zero-order valence-corrected chi connectivity index (χ0v) is 13.4. The molecule has 0 radical (unpaired) electrons. The first-order valence-electron chi connectivity index (χ1n) is 8.01. The number of benzene rings is 1. The van der Waals surface area contributed by atoms with Gasteiger partial charge in [0, 0.05) is 23.4 Å². The third-order valence-corrected chi connectivity index (χ3v) is 4.34. The summed E-state index contributed by atoms with van der Waals surface area (Å²) < 4.78 is 1.60. The number of nitrogens with zero attached hydrogens (tertiary/aromatic N) is 2. The number of nitrogen functional groups attached to an aromatic ring is 1. The van der Waals surface area contributed by atoms with E-state index in [1.165, 1.54) is 6.20 Å². The Balaban J connectivity index is 1.66. The minimum absolute atomic E-state index is 0.0481. The summed E-state index contributed by atoms with van der Waals surface area (Å²) in [6.07, 6.45) is 5.29. The molecular weight excluding hydrogens is 318 g/mol. The average Bonchev–Trinajstić information content (AvgIpc) is 3.30. The van der Waals surface area contributed by atoms with E-state index in [4.69, 9.17) is 11.5 Å². The molecular formula is C18H17N5O2. The van der Waals surface area contributed by atoms with Crippen molar-refractivity contribution in [3.63, 3.8) is 0 Å². The largest absolute Gasteiger partial charge is 0.396 e. The number of nitrogens with two attached hydrogens (primary N) is 2. The second kappa shape index (κ2) is 5.62. The Morgan fingerprint density at radius 2 is 1.88 bits per heavy atom. The highest BCUT2D eigenvalue weighted by molar-refractivity contribution is 6.01. The van der Waals surface area contributed by atoms with Crippen molar-refractivity contribution >= 4 is 23.0 Å². The second-order valence-corrected chi connectivity index (χ2v) is 6.22. The molecule has 0 atom stereocenters. The molecule has 1 saturated carbocycles. The van der Waals surface area contributed by atoms with Crippen molar-refractivity contribution in [1.82, 2.24) is 14.9 Å². The van der Waals surface area contributed by atoms with Gasteiger partial charge in [0.05, 0.1) is 23.0 Å². The number of hydrogen-bond donors (Lipinski definition) is 3. The number of fused-ring (bicyclic) bond motifs is 1. The Hall–Kier alpha value is -3.35. The van der Waals surface area contributed by atoms with Crippen LogP contribution < -0.4 is 16.8 Å². The van der Waals surface area contributed by atoms with E-state index in [1.807, 2.05) is 24.4 Å². The fraction of sp³-hybridized carbons (Fsp3) is 0.167. The van der Waals surface area contributed by atoms with Crippen LogP contribution in [0.3, 0.4) is 0 Å². The summed E-state index contributed by atoms with van der Waals surface area (Å²) in [5.41, 5.74) is 14.9. The first kappa shape index (κ1) is 15.2. The molecule has 0 spiro atoms. The van der Waals surface area contributed by atoms with E-state index in [0.29, 0.717) is 22.8 Å². The maximum Gasteiger partial charge on any atom is 0.252 e. The number of carbonyl (C=O) groups excluding carboxylic acids is 2. The van der Waals surface area contributed by atoms with Crippen molar-refractivity contribution in [2.75, 3.05) is 5.73 Å². The van der Waals surface area contributed by atoms with Gasteiger partial charge >= 0.3 is 0 Å². The molecule has 3 aromatic rings. The molecule has 7 nitrogen and oxygen atoms in total. The van der Waals surface area contributed by atoms with Crippen LogP contribution in [-0.4, -0.2) is 27.5 Å². The first-order valence-corrected chi connectivity index (χ1v) is 8.01. The highest BCUT2D eigenvalue weighted by Crippen LogP contribution is 2.27. The molecule has 25 heavy (non-hydrogen) atoms. The number of primary amides is 1. The molecule has 0 aliphatic heterocycles. The normalized spacial score (nSPS) is 13.8. The molecule has 1 aromatic carbocycles. The summed E-state index contributed by atoms with van der Waals surface area (Å²) in [7, 11) is 0. The molecule has 7 heteroatoms. The van der Waals surface area contributed by atoms with Crippen molar-refractivity contribution in [3.8, 4) is 11.1 Å². The van der Waals surface area contributed by atoms with Crippen LogP contribution in [-0.2, 0) is 0 Å². The monoisotopic (exact) mass is 335 g/mol. The van der Waals surface area contributed by atoms with Crippen LogP contribution in [0.2, 0.25) is 0 Å². The third-order valence-electron chi connectivity index (χ3n) is 4.34. The minimum Gasteiger partial charge on any atom is -0.396 e. The second-order valence-electron chi connectivity index (χ2n) is 6.22. The van der Waals surface area contributed by atoms with Gasteiger partial charge < -0.3 is 16.8 Å². The molecule has 1 aliphatic carbocycles. The maximum absolute atomic E-state index is 12.0. The number of nitrogens with one attached hydrogen (secondary N) is 1. The lowest BCUT2D eigenvalue weighted by Gasteiger charge is -2.04. The molecule has 4 rings (SSSR count). The van der Waals surface area contributed by atoms with Crippen LogP contribution in [0.1, 0.15) is 33.6 Å². The van der Waals surface area contributed by atoms with Crippen LogP contribution in [0.5, 0.6) is 0 Å². The molecule has 1 fully saturated rings. The van der Waals surface area contributed by atoms with Crippen LogP contribution in [0.4, 0.5) is 5.69 Å². The Morgan fingerprint density at radius 1 is 1.16 bits per heavy atom. The number of aromatic nitrogens is 2. The van der Waals surface area contributed by atoms with Gasteiger partial charge in [0.1, 0.15) is 0 Å². The van der Waals surface area contributed by atoms with Crippen LogP contribution in [0.15, 0.2) is 42.7 Å².